The molecule has 1 unspecified atom stereocenters. The fourth-order valence-electron chi connectivity index (χ4n) is 2.24. The summed E-state index contributed by atoms with van der Waals surface area (Å²) in [5.74, 6) is -0.0406. The molecule has 0 amide bonds. The Hall–Kier alpha value is -1.65. The number of rotatable bonds is 6. The number of hydrogen-bond acceptors (Lipinski definition) is 3. The van der Waals surface area contributed by atoms with Crippen LogP contribution in [0.4, 0.5) is 0 Å². The van der Waals surface area contributed by atoms with Gasteiger partial charge in [0.15, 0.2) is 0 Å². The van der Waals surface area contributed by atoms with E-state index in [1.54, 1.807) is 30.3 Å². The van der Waals surface area contributed by atoms with Gasteiger partial charge in [-0.3, -0.25) is 0 Å². The van der Waals surface area contributed by atoms with Crippen LogP contribution in [-0.2, 0) is 6.42 Å². The maximum absolute atomic E-state index is 11.6. The normalized spacial score (nSPS) is 12.0. The van der Waals surface area contributed by atoms with Crippen LogP contribution in [0.3, 0.4) is 0 Å². The summed E-state index contributed by atoms with van der Waals surface area (Å²) in [5, 5.41) is 10.1. The molecule has 0 saturated heterocycles. The zero-order valence-electron chi connectivity index (χ0n) is 12.1. The number of hydrogen-bond donors (Lipinski definition) is 2. The van der Waals surface area contributed by atoms with Gasteiger partial charge in [0.2, 0.25) is 0 Å². The van der Waals surface area contributed by atoms with Crippen LogP contribution in [0, 0.1) is 0 Å². The first kappa shape index (κ1) is 16.7. The van der Waals surface area contributed by atoms with Crippen molar-refractivity contribution in [1.29, 1.82) is 0 Å². The van der Waals surface area contributed by atoms with Crippen LogP contribution in [0.2, 0.25) is 5.02 Å². The quantitative estimate of drug-likeness (QED) is 0.755. The Morgan fingerprint density at radius 2 is 1.95 bits per heavy atom. The van der Waals surface area contributed by atoms with Crippen molar-refractivity contribution in [1.82, 2.24) is 0 Å². The number of halogens is 1. The van der Waals surface area contributed by atoms with Crippen LogP contribution < -0.4 is 4.74 Å². The lowest BCUT2D eigenvalue weighted by Gasteiger charge is -2.18. The molecule has 2 rings (SSSR count). The molecule has 1 atom stereocenters. The molecule has 0 spiro atoms. The molecular formula is C17H17ClO3S. The molecule has 0 bridgehead atoms. The summed E-state index contributed by atoms with van der Waals surface area (Å²) >= 11 is 10.0. The topological polar surface area (TPSA) is 46.5 Å². The number of carboxylic acid groups (broad SMARTS) is 1. The number of aromatic carboxylic acids is 1. The van der Waals surface area contributed by atoms with E-state index >= 15 is 0 Å². The molecule has 0 heterocycles. The average Bonchev–Trinajstić information content (AvgIpc) is 2.48. The minimum Gasteiger partial charge on any atom is -0.485 e. The Morgan fingerprint density at radius 3 is 2.55 bits per heavy atom. The first-order chi connectivity index (χ1) is 10.5. The van der Waals surface area contributed by atoms with Gasteiger partial charge in [-0.15, -0.1) is 0 Å². The van der Waals surface area contributed by atoms with Crippen molar-refractivity contribution < 1.29 is 14.6 Å². The number of thiol groups is 1. The average molecular weight is 337 g/mol. The Morgan fingerprint density at radius 1 is 1.27 bits per heavy atom. The van der Waals surface area contributed by atoms with Crippen molar-refractivity contribution in [3.63, 3.8) is 0 Å². The minimum absolute atomic E-state index is 0.206. The molecule has 0 saturated carbocycles. The highest BCUT2D eigenvalue weighted by Gasteiger charge is 2.18. The zero-order valence-corrected chi connectivity index (χ0v) is 13.8. The second-order valence-electron chi connectivity index (χ2n) is 4.88. The van der Waals surface area contributed by atoms with Crippen molar-refractivity contribution >= 4 is 30.2 Å². The minimum atomic E-state index is -0.990. The van der Waals surface area contributed by atoms with Gasteiger partial charge in [0, 0.05) is 5.02 Å². The summed E-state index contributed by atoms with van der Waals surface area (Å²) in [5.41, 5.74) is 1.86. The third kappa shape index (κ3) is 3.96. The number of carbonyl (C=O) groups is 1. The van der Waals surface area contributed by atoms with Gasteiger partial charge in [0.1, 0.15) is 17.4 Å². The van der Waals surface area contributed by atoms with Gasteiger partial charge in [0.25, 0.3) is 0 Å². The molecule has 116 valence electrons. The van der Waals surface area contributed by atoms with E-state index in [0.717, 1.165) is 11.1 Å². The molecule has 0 aliphatic rings. The molecular weight excluding hydrogens is 320 g/mol. The standard InChI is InChI=1S/C17H17ClO3S/c1-11(12-5-7-14(18)8-6-12)21-15-4-2-3-13(9-10-22)16(15)17(19)20/h2-8,11,22H,9-10H2,1H3,(H,19,20). The first-order valence-electron chi connectivity index (χ1n) is 6.91. The molecule has 5 heteroatoms. The summed E-state index contributed by atoms with van der Waals surface area (Å²) in [6.45, 7) is 1.88. The fraction of sp³-hybridized carbons (Fsp3) is 0.235. The SMILES string of the molecule is CC(Oc1cccc(CCS)c1C(=O)O)c1ccc(Cl)cc1. The molecule has 0 aliphatic carbocycles. The Labute approximate surface area is 140 Å². The van der Waals surface area contributed by atoms with E-state index < -0.39 is 5.97 Å². The smallest absolute Gasteiger partial charge is 0.339 e. The maximum atomic E-state index is 11.6. The molecule has 0 aromatic heterocycles. The van der Waals surface area contributed by atoms with Crippen LogP contribution in [0.15, 0.2) is 42.5 Å². The fourth-order valence-corrected chi connectivity index (χ4v) is 2.61. The third-order valence-corrected chi connectivity index (χ3v) is 3.83. The van der Waals surface area contributed by atoms with Crippen molar-refractivity contribution in [2.45, 2.75) is 19.4 Å². The molecule has 0 fully saturated rings. The highest BCUT2D eigenvalue weighted by atomic mass is 35.5. The lowest BCUT2D eigenvalue weighted by atomic mass is 10.0. The Balaban J connectivity index is 2.30. The van der Waals surface area contributed by atoms with Gasteiger partial charge in [-0.2, -0.15) is 12.6 Å². The molecule has 0 aliphatic heterocycles. The van der Waals surface area contributed by atoms with E-state index in [1.165, 1.54) is 0 Å². The summed E-state index contributed by atoms with van der Waals surface area (Å²) in [7, 11) is 0. The maximum Gasteiger partial charge on any atom is 0.339 e. The van der Waals surface area contributed by atoms with Gasteiger partial charge in [-0.1, -0.05) is 35.9 Å². The number of aryl methyl sites for hydroxylation is 1. The van der Waals surface area contributed by atoms with Gasteiger partial charge < -0.3 is 9.84 Å². The number of benzene rings is 2. The number of ether oxygens (including phenoxy) is 1. The van der Waals surface area contributed by atoms with E-state index in [9.17, 15) is 9.90 Å². The largest absolute Gasteiger partial charge is 0.485 e. The van der Waals surface area contributed by atoms with Crippen molar-refractivity contribution in [3.05, 3.63) is 64.2 Å². The van der Waals surface area contributed by atoms with Gasteiger partial charge in [-0.25, -0.2) is 4.79 Å². The van der Waals surface area contributed by atoms with Crippen LogP contribution in [0.1, 0.15) is 34.5 Å². The molecule has 2 aromatic carbocycles. The van der Waals surface area contributed by atoms with Crippen LogP contribution in [0.25, 0.3) is 0 Å². The van der Waals surface area contributed by atoms with Crippen LogP contribution >= 0.6 is 24.2 Å². The predicted molar refractivity (Wildman–Crippen MR) is 91.5 cm³/mol. The summed E-state index contributed by atoms with van der Waals surface area (Å²) in [4.78, 5) is 11.6. The second kappa shape index (κ2) is 7.56. The van der Waals surface area contributed by atoms with Gasteiger partial charge in [0.05, 0.1) is 0 Å². The molecule has 22 heavy (non-hydrogen) atoms. The molecule has 2 aromatic rings. The van der Waals surface area contributed by atoms with E-state index in [-0.39, 0.29) is 11.7 Å². The van der Waals surface area contributed by atoms with Crippen molar-refractivity contribution in [2.24, 2.45) is 0 Å². The van der Waals surface area contributed by atoms with Crippen LogP contribution in [-0.4, -0.2) is 16.8 Å². The number of carboxylic acids is 1. The first-order valence-corrected chi connectivity index (χ1v) is 7.92. The third-order valence-electron chi connectivity index (χ3n) is 3.35. The van der Waals surface area contributed by atoms with Gasteiger partial charge in [-0.05, 0) is 48.4 Å². The highest BCUT2D eigenvalue weighted by Crippen LogP contribution is 2.28. The lowest BCUT2D eigenvalue weighted by Crippen LogP contribution is -2.10. The monoisotopic (exact) mass is 336 g/mol. The zero-order chi connectivity index (χ0) is 16.1. The summed E-state index contributed by atoms with van der Waals surface area (Å²) in [6, 6.07) is 12.6. The van der Waals surface area contributed by atoms with E-state index in [1.807, 2.05) is 19.1 Å². The van der Waals surface area contributed by atoms with Crippen LogP contribution in [0.5, 0.6) is 5.75 Å². The molecule has 3 nitrogen and oxygen atoms in total. The Kier molecular flexibility index (Phi) is 5.75. The van der Waals surface area contributed by atoms with E-state index in [0.29, 0.717) is 22.9 Å². The van der Waals surface area contributed by atoms with Crippen molar-refractivity contribution in [2.75, 3.05) is 5.75 Å². The second-order valence-corrected chi connectivity index (χ2v) is 5.76. The summed E-state index contributed by atoms with van der Waals surface area (Å²) in [6.07, 6.45) is 0.304. The Bertz CT molecular complexity index is 655. The predicted octanol–water partition coefficient (Wildman–Crippen LogP) is 4.65. The van der Waals surface area contributed by atoms with E-state index in [4.69, 9.17) is 16.3 Å². The highest BCUT2D eigenvalue weighted by molar-refractivity contribution is 7.80. The molecule has 0 radical (unpaired) electrons. The van der Waals surface area contributed by atoms with Gasteiger partial charge >= 0.3 is 5.97 Å². The lowest BCUT2D eigenvalue weighted by molar-refractivity contribution is 0.0688. The van der Waals surface area contributed by atoms with E-state index in [2.05, 4.69) is 12.6 Å². The summed E-state index contributed by atoms with van der Waals surface area (Å²) < 4.78 is 5.87. The van der Waals surface area contributed by atoms with Crippen molar-refractivity contribution in [3.8, 4) is 5.75 Å². The molecule has 1 N–H and O–H groups in total.